The minimum Gasteiger partial charge on any atom is -0.497 e. The number of ether oxygens (including phenoxy) is 1. The number of methoxy groups -OCH3 is 1. The van der Waals surface area contributed by atoms with Crippen molar-refractivity contribution in [2.45, 2.75) is 19.8 Å². The SMILES string of the molecule is CCCCN(CC(=O)Nc1cc(-c2ccccc2)nn1-c1ccc(OC)cc1)C(=O)Nc1ccc(Cl)cc1Cl. The van der Waals surface area contributed by atoms with Crippen LogP contribution in [0.3, 0.4) is 0 Å². The zero-order valence-electron chi connectivity index (χ0n) is 21.7. The van der Waals surface area contributed by atoms with Gasteiger partial charge in [-0.05, 0) is 48.9 Å². The molecule has 3 amide bonds. The molecule has 4 aromatic rings. The highest BCUT2D eigenvalue weighted by molar-refractivity contribution is 6.36. The third kappa shape index (κ3) is 7.31. The molecule has 10 heteroatoms. The maximum atomic E-state index is 13.2. The number of nitrogens with one attached hydrogen (secondary N) is 2. The number of hydrogen-bond acceptors (Lipinski definition) is 4. The molecule has 8 nitrogen and oxygen atoms in total. The molecule has 0 spiro atoms. The van der Waals surface area contributed by atoms with Crippen molar-refractivity contribution in [3.05, 3.63) is 88.9 Å². The van der Waals surface area contributed by atoms with Crippen LogP contribution in [-0.2, 0) is 4.79 Å². The van der Waals surface area contributed by atoms with Gasteiger partial charge in [0.25, 0.3) is 0 Å². The highest BCUT2D eigenvalue weighted by atomic mass is 35.5. The number of rotatable bonds is 10. The third-order valence-electron chi connectivity index (χ3n) is 5.94. The van der Waals surface area contributed by atoms with Gasteiger partial charge >= 0.3 is 6.03 Å². The number of unbranched alkanes of at least 4 members (excludes halogenated alkanes) is 1. The molecule has 0 atom stereocenters. The highest BCUT2D eigenvalue weighted by Crippen LogP contribution is 2.27. The normalized spacial score (nSPS) is 10.7. The van der Waals surface area contributed by atoms with E-state index in [-0.39, 0.29) is 12.5 Å². The number of urea groups is 1. The van der Waals surface area contributed by atoms with Gasteiger partial charge in [-0.1, -0.05) is 66.9 Å². The smallest absolute Gasteiger partial charge is 0.322 e. The van der Waals surface area contributed by atoms with Crippen molar-refractivity contribution in [3.8, 4) is 22.7 Å². The molecule has 0 unspecified atom stereocenters. The first-order valence-electron chi connectivity index (χ1n) is 12.5. The van der Waals surface area contributed by atoms with Crippen molar-refractivity contribution in [3.63, 3.8) is 0 Å². The third-order valence-corrected chi connectivity index (χ3v) is 6.49. The summed E-state index contributed by atoms with van der Waals surface area (Å²) in [6.45, 7) is 2.25. The van der Waals surface area contributed by atoms with Gasteiger partial charge in [0.05, 0.1) is 29.2 Å². The van der Waals surface area contributed by atoms with E-state index < -0.39 is 6.03 Å². The van der Waals surface area contributed by atoms with Gasteiger partial charge in [-0.25, -0.2) is 9.48 Å². The van der Waals surface area contributed by atoms with E-state index in [0.29, 0.717) is 39.5 Å². The summed E-state index contributed by atoms with van der Waals surface area (Å²) in [4.78, 5) is 27.8. The monoisotopic (exact) mass is 565 g/mol. The Kier molecular flexibility index (Phi) is 9.46. The zero-order chi connectivity index (χ0) is 27.8. The lowest BCUT2D eigenvalue weighted by Gasteiger charge is -2.23. The number of carbonyl (C=O) groups is 2. The Morgan fingerprint density at radius 3 is 2.38 bits per heavy atom. The van der Waals surface area contributed by atoms with Crippen molar-refractivity contribution in [1.29, 1.82) is 0 Å². The summed E-state index contributed by atoms with van der Waals surface area (Å²) in [5.74, 6) is 0.816. The van der Waals surface area contributed by atoms with Crippen LogP contribution in [0, 0.1) is 0 Å². The summed E-state index contributed by atoms with van der Waals surface area (Å²) in [5, 5.41) is 11.2. The van der Waals surface area contributed by atoms with Gasteiger partial charge in [-0.15, -0.1) is 0 Å². The van der Waals surface area contributed by atoms with Crippen molar-refractivity contribution in [2.75, 3.05) is 30.8 Å². The quantitative estimate of drug-likeness (QED) is 0.214. The summed E-state index contributed by atoms with van der Waals surface area (Å²) in [5.41, 5.74) is 2.76. The lowest BCUT2D eigenvalue weighted by molar-refractivity contribution is -0.116. The number of benzene rings is 3. The average molecular weight is 566 g/mol. The molecule has 1 aromatic heterocycles. The average Bonchev–Trinajstić information content (AvgIpc) is 3.36. The van der Waals surface area contributed by atoms with E-state index in [1.54, 1.807) is 36.1 Å². The van der Waals surface area contributed by atoms with Crippen LogP contribution in [0.2, 0.25) is 10.0 Å². The topological polar surface area (TPSA) is 88.5 Å². The first kappa shape index (κ1) is 28.0. The number of halogens is 2. The molecule has 4 rings (SSSR count). The summed E-state index contributed by atoms with van der Waals surface area (Å²) in [6.07, 6.45) is 1.59. The summed E-state index contributed by atoms with van der Waals surface area (Å²) >= 11 is 12.2. The Balaban J connectivity index is 1.56. The molecule has 1 heterocycles. The Hall–Kier alpha value is -4.01. The molecule has 0 saturated heterocycles. The van der Waals surface area contributed by atoms with Gasteiger partial charge in [0.15, 0.2) is 0 Å². The van der Waals surface area contributed by atoms with Crippen LogP contribution in [0.25, 0.3) is 16.9 Å². The molecule has 39 heavy (non-hydrogen) atoms. The van der Waals surface area contributed by atoms with Crippen molar-refractivity contribution >= 4 is 46.6 Å². The molecule has 0 aliphatic rings. The number of carbonyl (C=O) groups excluding carboxylic acids is 2. The fourth-order valence-electron chi connectivity index (χ4n) is 3.88. The maximum absolute atomic E-state index is 13.2. The predicted molar refractivity (Wildman–Crippen MR) is 156 cm³/mol. The van der Waals surface area contributed by atoms with Crippen molar-refractivity contribution < 1.29 is 14.3 Å². The first-order chi connectivity index (χ1) is 18.9. The van der Waals surface area contributed by atoms with Gasteiger partial charge in [0.2, 0.25) is 5.91 Å². The maximum Gasteiger partial charge on any atom is 0.322 e. The number of nitrogens with zero attached hydrogens (tertiary/aromatic N) is 3. The van der Waals surface area contributed by atoms with E-state index in [2.05, 4.69) is 10.6 Å². The number of anilines is 2. The molecule has 0 bridgehead atoms. The molecule has 3 aromatic carbocycles. The number of aromatic nitrogens is 2. The largest absolute Gasteiger partial charge is 0.497 e. The fraction of sp³-hybridized carbons (Fsp3) is 0.207. The van der Waals surface area contributed by atoms with Crippen LogP contribution in [0.4, 0.5) is 16.3 Å². The second kappa shape index (κ2) is 13.2. The molecular weight excluding hydrogens is 537 g/mol. The second-order valence-electron chi connectivity index (χ2n) is 8.77. The highest BCUT2D eigenvalue weighted by Gasteiger charge is 2.20. The minimum absolute atomic E-state index is 0.161. The summed E-state index contributed by atoms with van der Waals surface area (Å²) in [6, 6.07) is 23.2. The van der Waals surface area contributed by atoms with Gasteiger partial charge in [0.1, 0.15) is 18.1 Å². The molecule has 0 saturated carbocycles. The number of amides is 3. The molecule has 202 valence electrons. The van der Waals surface area contributed by atoms with Crippen LogP contribution < -0.4 is 15.4 Å². The Labute approximate surface area is 237 Å². The minimum atomic E-state index is -0.434. The Bertz CT molecular complexity index is 1420. The van der Waals surface area contributed by atoms with Crippen molar-refractivity contribution in [2.24, 2.45) is 0 Å². The lowest BCUT2D eigenvalue weighted by atomic mass is 10.1. The van der Waals surface area contributed by atoms with E-state index in [4.69, 9.17) is 33.0 Å². The molecular formula is C29H29Cl2N5O3. The van der Waals surface area contributed by atoms with Gasteiger partial charge < -0.3 is 20.3 Å². The molecule has 0 aliphatic heterocycles. The van der Waals surface area contributed by atoms with Crippen LogP contribution in [0.5, 0.6) is 5.75 Å². The summed E-state index contributed by atoms with van der Waals surface area (Å²) in [7, 11) is 1.60. The molecule has 0 aliphatic carbocycles. The molecule has 0 radical (unpaired) electrons. The lowest BCUT2D eigenvalue weighted by Crippen LogP contribution is -2.41. The van der Waals surface area contributed by atoms with Crippen LogP contribution in [0.1, 0.15) is 19.8 Å². The second-order valence-corrected chi connectivity index (χ2v) is 9.61. The predicted octanol–water partition coefficient (Wildman–Crippen LogP) is 7.13. The standard InChI is InChI=1S/C29H29Cl2N5O3/c1-3-4-16-35(29(38)32-25-15-10-21(30)17-24(25)31)19-28(37)33-27-18-26(20-8-6-5-7-9-20)34-36(27)22-11-13-23(39-2)14-12-22/h5-15,17-18H,3-4,16,19H2,1-2H3,(H,32,38)(H,33,37). The fourth-order valence-corrected chi connectivity index (χ4v) is 4.34. The van der Waals surface area contributed by atoms with E-state index >= 15 is 0 Å². The number of hydrogen-bond donors (Lipinski definition) is 2. The Morgan fingerprint density at radius 2 is 1.72 bits per heavy atom. The molecule has 0 fully saturated rings. The van der Waals surface area contributed by atoms with E-state index in [1.165, 1.54) is 4.90 Å². The van der Waals surface area contributed by atoms with E-state index in [9.17, 15) is 9.59 Å². The van der Waals surface area contributed by atoms with Gasteiger partial charge in [-0.3, -0.25) is 4.79 Å². The molecule has 2 N–H and O–H groups in total. The van der Waals surface area contributed by atoms with Crippen LogP contribution in [0.15, 0.2) is 78.9 Å². The van der Waals surface area contributed by atoms with Gasteiger partial charge in [-0.2, -0.15) is 5.10 Å². The van der Waals surface area contributed by atoms with Gasteiger partial charge in [0, 0.05) is 23.2 Å². The first-order valence-corrected chi connectivity index (χ1v) is 13.2. The zero-order valence-corrected chi connectivity index (χ0v) is 23.2. The van der Waals surface area contributed by atoms with Crippen molar-refractivity contribution in [1.82, 2.24) is 14.7 Å². The Morgan fingerprint density at radius 1 is 0.974 bits per heavy atom. The van der Waals surface area contributed by atoms with E-state index in [1.807, 2.05) is 61.5 Å². The van der Waals surface area contributed by atoms with Crippen LogP contribution >= 0.6 is 23.2 Å². The summed E-state index contributed by atoms with van der Waals surface area (Å²) < 4.78 is 6.93. The van der Waals surface area contributed by atoms with Crippen LogP contribution in [-0.4, -0.2) is 46.8 Å². The van der Waals surface area contributed by atoms with E-state index in [0.717, 1.165) is 24.1 Å².